The Kier molecular flexibility index (Phi) is 4.31. The summed E-state index contributed by atoms with van der Waals surface area (Å²) in [5, 5.41) is 2.98. The quantitative estimate of drug-likeness (QED) is 0.773. The van der Waals surface area contributed by atoms with Crippen LogP contribution in [0.4, 0.5) is 0 Å². The Labute approximate surface area is 111 Å². The predicted molar refractivity (Wildman–Crippen MR) is 73.1 cm³/mol. The molecular weight excluding hydrogens is 250 g/mol. The molecule has 1 heterocycles. The molecule has 1 N–H and O–H groups in total. The fourth-order valence-corrected chi connectivity index (χ4v) is 3.80. The summed E-state index contributed by atoms with van der Waals surface area (Å²) in [5.74, 6) is 0. The van der Waals surface area contributed by atoms with E-state index in [9.17, 15) is 8.42 Å². The van der Waals surface area contributed by atoms with Gasteiger partial charge in [-0.1, -0.05) is 0 Å². The lowest BCUT2D eigenvalue weighted by Gasteiger charge is -2.38. The number of sulfonamides is 1. The van der Waals surface area contributed by atoms with Crippen LogP contribution in [0.1, 0.15) is 26.7 Å². The highest BCUT2D eigenvalue weighted by molar-refractivity contribution is 7.89. The molecule has 2 rings (SSSR count). The minimum atomic E-state index is -3.14. The van der Waals surface area contributed by atoms with Crippen LogP contribution in [0.25, 0.3) is 0 Å². The van der Waals surface area contributed by atoms with Crippen molar-refractivity contribution in [1.29, 1.82) is 0 Å². The first kappa shape index (κ1) is 14.2. The summed E-state index contributed by atoms with van der Waals surface area (Å²) in [6.07, 6.45) is 2.39. The van der Waals surface area contributed by atoms with Gasteiger partial charge in [-0.3, -0.25) is 0 Å². The molecule has 106 valence electrons. The van der Waals surface area contributed by atoms with Crippen molar-refractivity contribution in [3.05, 3.63) is 0 Å². The Hall–Kier alpha value is -0.170. The van der Waals surface area contributed by atoms with E-state index < -0.39 is 10.0 Å². The number of piperazine rings is 1. The molecule has 1 saturated heterocycles. The molecule has 0 aromatic carbocycles. The highest BCUT2D eigenvalue weighted by Gasteiger charge is 2.34. The molecule has 2 fully saturated rings. The van der Waals surface area contributed by atoms with E-state index in [1.54, 1.807) is 4.31 Å². The van der Waals surface area contributed by atoms with Crippen LogP contribution < -0.4 is 5.32 Å². The van der Waals surface area contributed by atoms with Crippen LogP contribution in [0.5, 0.6) is 0 Å². The van der Waals surface area contributed by atoms with Gasteiger partial charge in [0.1, 0.15) is 0 Å². The minimum Gasteiger partial charge on any atom is -0.313 e. The van der Waals surface area contributed by atoms with Crippen LogP contribution in [0.2, 0.25) is 0 Å². The van der Waals surface area contributed by atoms with Crippen molar-refractivity contribution >= 4 is 10.0 Å². The van der Waals surface area contributed by atoms with E-state index in [0.717, 1.165) is 6.54 Å². The number of hydrogen-bond acceptors (Lipinski definition) is 4. The van der Waals surface area contributed by atoms with Crippen LogP contribution in [0.3, 0.4) is 0 Å². The van der Waals surface area contributed by atoms with Gasteiger partial charge in [0.05, 0.1) is 5.25 Å². The second kappa shape index (κ2) is 5.45. The first-order valence-electron chi connectivity index (χ1n) is 6.84. The normalized spacial score (nSPS) is 29.4. The van der Waals surface area contributed by atoms with Gasteiger partial charge in [-0.2, -0.15) is 4.31 Å². The molecule has 0 aromatic rings. The molecule has 0 bridgehead atoms. The number of nitrogens with zero attached hydrogens (tertiary/aromatic N) is 2. The molecule has 6 heteroatoms. The molecule has 2 unspecified atom stereocenters. The van der Waals surface area contributed by atoms with E-state index in [-0.39, 0.29) is 5.25 Å². The van der Waals surface area contributed by atoms with Crippen molar-refractivity contribution in [2.24, 2.45) is 0 Å². The van der Waals surface area contributed by atoms with Crippen molar-refractivity contribution in [3.63, 3.8) is 0 Å². The fourth-order valence-electron chi connectivity index (χ4n) is 2.23. The first-order valence-corrected chi connectivity index (χ1v) is 8.34. The van der Waals surface area contributed by atoms with Crippen LogP contribution in [0.15, 0.2) is 0 Å². The van der Waals surface area contributed by atoms with Crippen molar-refractivity contribution in [2.75, 3.05) is 33.2 Å². The smallest absolute Gasteiger partial charge is 0.218 e. The van der Waals surface area contributed by atoms with Crippen molar-refractivity contribution in [1.82, 2.24) is 14.5 Å². The SMILES string of the molecule is CC1CN(S(=O)(=O)C(C)CNC2CC2)CCN1C. The maximum atomic E-state index is 12.4. The molecule has 0 amide bonds. The summed E-state index contributed by atoms with van der Waals surface area (Å²) < 4.78 is 26.5. The Morgan fingerprint density at radius 3 is 2.56 bits per heavy atom. The standard InChI is InChI=1S/C12H25N3O2S/c1-10-9-15(7-6-14(10)3)18(16,17)11(2)8-13-12-4-5-12/h10-13H,4-9H2,1-3H3. The van der Waals surface area contributed by atoms with E-state index in [4.69, 9.17) is 0 Å². The second-order valence-corrected chi connectivity index (χ2v) is 8.08. The number of likely N-dealkylation sites (N-methyl/N-ethyl adjacent to an activating group) is 1. The van der Waals surface area contributed by atoms with Gasteiger partial charge in [-0.05, 0) is 33.7 Å². The monoisotopic (exact) mass is 275 g/mol. The summed E-state index contributed by atoms with van der Waals surface area (Å²) in [4.78, 5) is 2.21. The van der Waals surface area contributed by atoms with Gasteiger partial charge in [0.15, 0.2) is 0 Å². The van der Waals surface area contributed by atoms with E-state index in [1.165, 1.54) is 12.8 Å². The summed E-state index contributed by atoms with van der Waals surface area (Å²) in [6.45, 7) is 6.53. The zero-order chi connectivity index (χ0) is 13.3. The highest BCUT2D eigenvalue weighted by atomic mass is 32.2. The van der Waals surface area contributed by atoms with Gasteiger partial charge in [0.25, 0.3) is 0 Å². The van der Waals surface area contributed by atoms with Crippen LogP contribution in [-0.4, -0.2) is 68.2 Å². The van der Waals surface area contributed by atoms with Crippen molar-refractivity contribution in [3.8, 4) is 0 Å². The van der Waals surface area contributed by atoms with Gasteiger partial charge < -0.3 is 10.2 Å². The fraction of sp³-hybridized carbons (Fsp3) is 1.00. The number of nitrogens with one attached hydrogen (secondary N) is 1. The largest absolute Gasteiger partial charge is 0.313 e. The molecule has 18 heavy (non-hydrogen) atoms. The molecule has 2 atom stereocenters. The molecule has 0 spiro atoms. The van der Waals surface area contributed by atoms with E-state index in [0.29, 0.717) is 31.7 Å². The lowest BCUT2D eigenvalue weighted by Crippen LogP contribution is -2.54. The van der Waals surface area contributed by atoms with Gasteiger partial charge >= 0.3 is 0 Å². The highest BCUT2D eigenvalue weighted by Crippen LogP contribution is 2.20. The average Bonchev–Trinajstić information content (AvgIpc) is 3.13. The molecule has 5 nitrogen and oxygen atoms in total. The van der Waals surface area contributed by atoms with Gasteiger partial charge in [-0.15, -0.1) is 0 Å². The Bertz CT molecular complexity index is 381. The lowest BCUT2D eigenvalue weighted by molar-refractivity contribution is 0.159. The van der Waals surface area contributed by atoms with Crippen LogP contribution >= 0.6 is 0 Å². The molecular formula is C12H25N3O2S. The Morgan fingerprint density at radius 1 is 1.33 bits per heavy atom. The third-order valence-electron chi connectivity index (χ3n) is 4.06. The molecule has 2 aliphatic rings. The van der Waals surface area contributed by atoms with E-state index >= 15 is 0 Å². The molecule has 1 aliphatic heterocycles. The zero-order valence-corrected chi connectivity index (χ0v) is 12.4. The molecule has 0 aromatic heterocycles. The summed E-state index contributed by atoms with van der Waals surface area (Å²) in [6, 6.07) is 0.867. The van der Waals surface area contributed by atoms with Crippen molar-refractivity contribution < 1.29 is 8.42 Å². The number of hydrogen-bond donors (Lipinski definition) is 1. The molecule has 1 saturated carbocycles. The Balaban J connectivity index is 1.91. The predicted octanol–water partition coefficient (Wildman–Crippen LogP) is 0.0926. The maximum absolute atomic E-state index is 12.4. The first-order chi connectivity index (χ1) is 8.41. The average molecular weight is 275 g/mol. The van der Waals surface area contributed by atoms with Crippen LogP contribution in [0, 0.1) is 0 Å². The summed E-state index contributed by atoms with van der Waals surface area (Å²) in [5.41, 5.74) is 0. The third-order valence-corrected chi connectivity index (χ3v) is 6.30. The second-order valence-electron chi connectivity index (χ2n) is 5.73. The third kappa shape index (κ3) is 3.23. The lowest BCUT2D eigenvalue weighted by atomic mass is 10.2. The van der Waals surface area contributed by atoms with Crippen molar-refractivity contribution in [2.45, 2.75) is 44.0 Å². The maximum Gasteiger partial charge on any atom is 0.218 e. The zero-order valence-electron chi connectivity index (χ0n) is 11.6. The van der Waals surface area contributed by atoms with Gasteiger partial charge in [0, 0.05) is 38.3 Å². The topological polar surface area (TPSA) is 52.7 Å². The molecule has 0 radical (unpaired) electrons. The van der Waals surface area contributed by atoms with Gasteiger partial charge in [-0.25, -0.2) is 8.42 Å². The summed E-state index contributed by atoms with van der Waals surface area (Å²) >= 11 is 0. The van der Waals surface area contributed by atoms with E-state index in [1.807, 2.05) is 14.0 Å². The Morgan fingerprint density at radius 2 is 2.00 bits per heavy atom. The number of rotatable bonds is 5. The van der Waals surface area contributed by atoms with E-state index in [2.05, 4.69) is 17.1 Å². The minimum absolute atomic E-state index is 0.303. The van der Waals surface area contributed by atoms with Gasteiger partial charge in [0.2, 0.25) is 10.0 Å². The molecule has 1 aliphatic carbocycles. The summed E-state index contributed by atoms with van der Waals surface area (Å²) in [7, 11) is -1.09. The van der Waals surface area contributed by atoms with Crippen LogP contribution in [-0.2, 0) is 10.0 Å².